The second kappa shape index (κ2) is 12.0. The van der Waals surface area contributed by atoms with Crippen molar-refractivity contribution in [2.24, 2.45) is 0 Å². The highest BCUT2D eigenvalue weighted by Gasteiger charge is 2.32. The van der Waals surface area contributed by atoms with E-state index in [0.717, 1.165) is 47.9 Å². The molecule has 0 heterocycles. The molecule has 5 heteroatoms. The van der Waals surface area contributed by atoms with Gasteiger partial charge < -0.3 is 10.2 Å². The first-order valence-corrected chi connectivity index (χ1v) is 12.8. The molecule has 0 spiro atoms. The molecule has 2 amide bonds. The Morgan fingerprint density at radius 3 is 2.31 bits per heavy atom. The van der Waals surface area contributed by atoms with Crippen LogP contribution < -0.4 is 5.32 Å². The van der Waals surface area contributed by atoms with Gasteiger partial charge >= 0.3 is 0 Å². The predicted molar refractivity (Wildman–Crippen MR) is 141 cm³/mol. The number of nitrogens with one attached hydrogen (secondary N) is 1. The van der Waals surface area contributed by atoms with Gasteiger partial charge in [-0.2, -0.15) is 0 Å². The smallest absolute Gasteiger partial charge is 0.243 e. The van der Waals surface area contributed by atoms with Gasteiger partial charge in [0.2, 0.25) is 11.8 Å². The van der Waals surface area contributed by atoms with Gasteiger partial charge in [-0.25, -0.2) is 0 Å². The van der Waals surface area contributed by atoms with E-state index in [-0.39, 0.29) is 24.3 Å². The zero-order chi connectivity index (χ0) is 24.6. The molecule has 1 unspecified atom stereocenters. The monoisotopic (exact) mass is 488 g/mol. The SMILES string of the molecule is Cc1cccc(CN(C(=O)Cc2cccc(Cl)c2)C(Cc2ccccc2)C(=O)NC2CCCC2)c1. The summed E-state index contributed by atoms with van der Waals surface area (Å²) in [6.45, 7) is 2.41. The van der Waals surface area contributed by atoms with E-state index in [2.05, 4.69) is 11.4 Å². The molecule has 1 N–H and O–H groups in total. The Morgan fingerprint density at radius 1 is 0.914 bits per heavy atom. The summed E-state index contributed by atoms with van der Waals surface area (Å²) in [4.78, 5) is 29.2. The highest BCUT2D eigenvalue weighted by molar-refractivity contribution is 6.30. The summed E-state index contributed by atoms with van der Waals surface area (Å²) in [5, 5.41) is 3.85. The first-order chi connectivity index (χ1) is 17.0. The number of aryl methyl sites for hydroxylation is 1. The van der Waals surface area contributed by atoms with Gasteiger partial charge in [-0.1, -0.05) is 96.7 Å². The van der Waals surface area contributed by atoms with E-state index < -0.39 is 6.04 Å². The maximum absolute atomic E-state index is 13.8. The Labute approximate surface area is 213 Å². The molecule has 0 radical (unpaired) electrons. The second-order valence-corrected chi connectivity index (χ2v) is 9.95. The van der Waals surface area contributed by atoms with Crippen LogP contribution in [0, 0.1) is 6.92 Å². The van der Waals surface area contributed by atoms with Crippen molar-refractivity contribution in [3.63, 3.8) is 0 Å². The minimum Gasteiger partial charge on any atom is -0.352 e. The van der Waals surface area contributed by atoms with Crippen LogP contribution in [0.2, 0.25) is 5.02 Å². The largest absolute Gasteiger partial charge is 0.352 e. The third-order valence-electron chi connectivity index (χ3n) is 6.65. The van der Waals surface area contributed by atoms with Crippen molar-refractivity contribution in [3.8, 4) is 0 Å². The van der Waals surface area contributed by atoms with Gasteiger partial charge in [0.15, 0.2) is 0 Å². The van der Waals surface area contributed by atoms with Gasteiger partial charge in [0, 0.05) is 24.0 Å². The Kier molecular flexibility index (Phi) is 8.59. The maximum Gasteiger partial charge on any atom is 0.243 e. The van der Waals surface area contributed by atoms with E-state index >= 15 is 0 Å². The van der Waals surface area contributed by atoms with Crippen LogP contribution in [-0.4, -0.2) is 28.8 Å². The maximum atomic E-state index is 13.8. The summed E-state index contributed by atoms with van der Waals surface area (Å²) in [5.41, 5.74) is 4.01. The molecular formula is C30H33ClN2O2. The number of amides is 2. The van der Waals surface area contributed by atoms with Crippen molar-refractivity contribution in [2.45, 2.75) is 64.1 Å². The van der Waals surface area contributed by atoms with Crippen LogP contribution >= 0.6 is 11.6 Å². The summed E-state index contributed by atoms with van der Waals surface area (Å²) in [6.07, 6.45) is 4.92. The fraction of sp³-hybridized carbons (Fsp3) is 0.333. The Hall–Kier alpha value is -3.11. The molecule has 0 saturated heterocycles. The molecule has 3 aromatic rings. The highest BCUT2D eigenvalue weighted by atomic mass is 35.5. The first-order valence-electron chi connectivity index (χ1n) is 12.4. The lowest BCUT2D eigenvalue weighted by molar-refractivity contribution is -0.141. The number of carbonyl (C=O) groups excluding carboxylic acids is 2. The standard InChI is InChI=1S/C30H33ClN2O2/c1-22-9-7-13-25(17-22)21-33(29(34)20-24-12-8-14-26(31)18-24)28(19-23-10-3-2-4-11-23)30(35)32-27-15-5-6-16-27/h2-4,7-14,17-18,27-28H,5-6,15-16,19-21H2,1H3,(H,32,35). The van der Waals surface area contributed by atoms with Gasteiger partial charge in [0.25, 0.3) is 0 Å². The normalized spacial score (nSPS) is 14.5. The minimum atomic E-state index is -0.606. The van der Waals surface area contributed by atoms with Crippen molar-refractivity contribution >= 4 is 23.4 Å². The summed E-state index contributed by atoms with van der Waals surface area (Å²) in [5.74, 6) is -0.163. The van der Waals surface area contributed by atoms with E-state index in [0.29, 0.717) is 18.0 Å². The van der Waals surface area contributed by atoms with Gasteiger partial charge in [-0.3, -0.25) is 9.59 Å². The quantitative estimate of drug-likeness (QED) is 0.408. The molecule has 4 nitrogen and oxygen atoms in total. The molecule has 1 saturated carbocycles. The summed E-state index contributed by atoms with van der Waals surface area (Å²) in [7, 11) is 0. The molecule has 1 aliphatic carbocycles. The van der Waals surface area contributed by atoms with Crippen molar-refractivity contribution in [1.82, 2.24) is 10.2 Å². The van der Waals surface area contributed by atoms with E-state index in [4.69, 9.17) is 11.6 Å². The second-order valence-electron chi connectivity index (χ2n) is 9.51. The van der Waals surface area contributed by atoms with Crippen LogP contribution in [0.5, 0.6) is 0 Å². The number of rotatable bonds is 9. The zero-order valence-corrected chi connectivity index (χ0v) is 21.0. The van der Waals surface area contributed by atoms with Gasteiger partial charge in [0.05, 0.1) is 6.42 Å². The van der Waals surface area contributed by atoms with Crippen LogP contribution in [0.1, 0.15) is 47.9 Å². The van der Waals surface area contributed by atoms with Gasteiger partial charge in [0.1, 0.15) is 6.04 Å². The van der Waals surface area contributed by atoms with Crippen molar-refractivity contribution < 1.29 is 9.59 Å². The van der Waals surface area contributed by atoms with Crippen molar-refractivity contribution in [1.29, 1.82) is 0 Å². The summed E-state index contributed by atoms with van der Waals surface area (Å²) >= 11 is 6.18. The van der Waals surface area contributed by atoms with Crippen LogP contribution in [-0.2, 0) is 29.0 Å². The Morgan fingerprint density at radius 2 is 1.60 bits per heavy atom. The molecule has 35 heavy (non-hydrogen) atoms. The lowest BCUT2D eigenvalue weighted by Crippen LogP contribution is -2.52. The van der Waals surface area contributed by atoms with Crippen LogP contribution in [0.15, 0.2) is 78.9 Å². The summed E-state index contributed by atoms with van der Waals surface area (Å²) < 4.78 is 0. The Balaban J connectivity index is 1.66. The number of hydrogen-bond donors (Lipinski definition) is 1. The number of hydrogen-bond acceptors (Lipinski definition) is 2. The molecule has 182 valence electrons. The third-order valence-corrected chi connectivity index (χ3v) is 6.89. The molecule has 1 aliphatic rings. The lowest BCUT2D eigenvalue weighted by atomic mass is 10.0. The average molecular weight is 489 g/mol. The van der Waals surface area contributed by atoms with E-state index in [1.165, 1.54) is 0 Å². The molecular weight excluding hydrogens is 456 g/mol. The highest BCUT2D eigenvalue weighted by Crippen LogP contribution is 2.21. The lowest BCUT2D eigenvalue weighted by Gasteiger charge is -2.32. The van der Waals surface area contributed by atoms with Crippen LogP contribution in [0.3, 0.4) is 0 Å². The zero-order valence-electron chi connectivity index (χ0n) is 20.3. The average Bonchev–Trinajstić information content (AvgIpc) is 3.35. The van der Waals surface area contributed by atoms with Gasteiger partial charge in [-0.15, -0.1) is 0 Å². The summed E-state index contributed by atoms with van der Waals surface area (Å²) in [6, 6.07) is 25.0. The number of nitrogens with zero attached hydrogens (tertiary/aromatic N) is 1. The fourth-order valence-electron chi connectivity index (χ4n) is 4.85. The number of halogens is 1. The van der Waals surface area contributed by atoms with E-state index in [1.54, 1.807) is 11.0 Å². The van der Waals surface area contributed by atoms with E-state index in [9.17, 15) is 9.59 Å². The van der Waals surface area contributed by atoms with Gasteiger partial charge in [-0.05, 0) is 48.6 Å². The minimum absolute atomic E-state index is 0.0761. The number of carbonyl (C=O) groups is 2. The third kappa shape index (κ3) is 7.19. The molecule has 0 aliphatic heterocycles. The van der Waals surface area contributed by atoms with Crippen LogP contribution in [0.4, 0.5) is 0 Å². The molecule has 3 aromatic carbocycles. The van der Waals surface area contributed by atoms with E-state index in [1.807, 2.05) is 73.7 Å². The molecule has 1 fully saturated rings. The molecule has 4 rings (SSSR count). The predicted octanol–water partition coefficient (Wildman–Crippen LogP) is 5.89. The molecule has 1 atom stereocenters. The van der Waals surface area contributed by atoms with Crippen LogP contribution in [0.25, 0.3) is 0 Å². The topological polar surface area (TPSA) is 49.4 Å². The van der Waals surface area contributed by atoms with Crippen molar-refractivity contribution in [2.75, 3.05) is 0 Å². The number of benzene rings is 3. The fourth-order valence-corrected chi connectivity index (χ4v) is 5.06. The Bertz CT molecular complexity index is 1140. The van der Waals surface area contributed by atoms with Crippen molar-refractivity contribution in [3.05, 3.63) is 106 Å². The molecule has 0 aromatic heterocycles. The first kappa shape index (κ1) is 25.0. The molecule has 0 bridgehead atoms.